The summed E-state index contributed by atoms with van der Waals surface area (Å²) in [6, 6.07) is 0.0302. The fourth-order valence-electron chi connectivity index (χ4n) is 6.68. The zero-order chi connectivity index (χ0) is 16.1. The highest BCUT2D eigenvalue weighted by Crippen LogP contribution is 2.62. The third-order valence-electron chi connectivity index (χ3n) is 7.31. The molecule has 0 aromatic heterocycles. The highest BCUT2D eigenvalue weighted by atomic mass is 16.2. The minimum atomic E-state index is 0.0302. The summed E-state index contributed by atoms with van der Waals surface area (Å²) >= 11 is 0. The van der Waals surface area contributed by atoms with Gasteiger partial charge in [-0.15, -0.1) is 6.42 Å². The van der Waals surface area contributed by atoms with Crippen LogP contribution in [0.1, 0.15) is 64.7 Å². The summed E-state index contributed by atoms with van der Waals surface area (Å²) in [6.07, 6.45) is 17.1. The zero-order valence-electron chi connectivity index (χ0n) is 14.4. The lowest BCUT2D eigenvalue weighted by atomic mass is 9.46. The van der Waals surface area contributed by atoms with Gasteiger partial charge in [0.15, 0.2) is 0 Å². The van der Waals surface area contributed by atoms with Gasteiger partial charge in [0.25, 0.3) is 0 Å². The normalized spacial score (nSPS) is 44.5. The van der Waals surface area contributed by atoms with Crippen molar-refractivity contribution in [1.29, 1.82) is 0 Å². The Kier molecular flexibility index (Phi) is 3.72. The maximum Gasteiger partial charge on any atom is 0.237 e. The van der Waals surface area contributed by atoms with E-state index in [-0.39, 0.29) is 17.5 Å². The van der Waals surface area contributed by atoms with E-state index in [0.717, 1.165) is 31.2 Å². The van der Waals surface area contributed by atoms with Crippen LogP contribution in [-0.2, 0) is 4.79 Å². The van der Waals surface area contributed by atoms with Gasteiger partial charge in [-0.1, -0.05) is 19.3 Å². The third kappa shape index (κ3) is 2.60. The average Bonchev–Trinajstić information content (AvgIpc) is 3.00. The standard InChI is InChI=1S/C20H30N2O/c1-3-17-6-5-7-22(17)18(23)13-21-20-11-15-8-16(12-20)10-19(4-2,9-15)14-20/h1,15-17,21H,4-14H2,2H3/t15?,16?,17-,19?,20?/m1/s1. The Bertz CT molecular complexity index is 520. The maximum absolute atomic E-state index is 12.6. The van der Waals surface area contributed by atoms with Gasteiger partial charge in [-0.3, -0.25) is 4.79 Å². The van der Waals surface area contributed by atoms with Crippen molar-refractivity contribution >= 4 is 5.91 Å². The van der Waals surface area contributed by atoms with Crippen LogP contribution in [0.15, 0.2) is 0 Å². The Morgan fingerprint density at radius 3 is 2.70 bits per heavy atom. The maximum atomic E-state index is 12.6. The van der Waals surface area contributed by atoms with Gasteiger partial charge in [-0.25, -0.2) is 0 Å². The number of terminal acetylenes is 1. The minimum Gasteiger partial charge on any atom is -0.328 e. The molecule has 1 aliphatic heterocycles. The van der Waals surface area contributed by atoms with Crippen molar-refractivity contribution in [3.63, 3.8) is 0 Å². The molecule has 1 amide bonds. The number of rotatable bonds is 4. The Labute approximate surface area is 140 Å². The summed E-state index contributed by atoms with van der Waals surface area (Å²) in [5.74, 6) is 4.78. The third-order valence-corrected chi connectivity index (χ3v) is 7.31. The lowest BCUT2D eigenvalue weighted by Gasteiger charge is -2.62. The van der Waals surface area contributed by atoms with E-state index in [1.54, 1.807) is 0 Å². The molecule has 5 fully saturated rings. The summed E-state index contributed by atoms with van der Waals surface area (Å²) in [5.41, 5.74) is 0.802. The number of carbonyl (C=O) groups excluding carboxylic acids is 1. The van der Waals surface area contributed by atoms with E-state index < -0.39 is 0 Å². The number of amides is 1. The second-order valence-corrected chi connectivity index (χ2v) is 8.86. The van der Waals surface area contributed by atoms with Crippen molar-refractivity contribution < 1.29 is 4.79 Å². The van der Waals surface area contributed by atoms with E-state index in [1.165, 1.54) is 44.9 Å². The number of likely N-dealkylation sites (tertiary alicyclic amines) is 1. The summed E-state index contributed by atoms with van der Waals surface area (Å²) in [4.78, 5) is 14.5. The highest BCUT2D eigenvalue weighted by molar-refractivity contribution is 5.79. The summed E-state index contributed by atoms with van der Waals surface area (Å²) in [7, 11) is 0. The van der Waals surface area contributed by atoms with Crippen molar-refractivity contribution in [2.75, 3.05) is 13.1 Å². The van der Waals surface area contributed by atoms with Gasteiger partial charge in [0.05, 0.1) is 12.6 Å². The first-order chi connectivity index (χ1) is 11.1. The quantitative estimate of drug-likeness (QED) is 0.809. The Morgan fingerprint density at radius 2 is 2.04 bits per heavy atom. The second-order valence-electron chi connectivity index (χ2n) is 8.86. The molecule has 0 spiro atoms. The molecular weight excluding hydrogens is 284 g/mol. The molecule has 1 heterocycles. The molecule has 0 radical (unpaired) electrons. The summed E-state index contributed by atoms with van der Waals surface area (Å²) < 4.78 is 0. The van der Waals surface area contributed by atoms with Crippen LogP contribution in [0.25, 0.3) is 0 Å². The van der Waals surface area contributed by atoms with E-state index in [0.29, 0.717) is 12.0 Å². The molecule has 0 aromatic rings. The van der Waals surface area contributed by atoms with Crippen LogP contribution < -0.4 is 5.32 Å². The lowest BCUT2D eigenvalue weighted by Crippen LogP contribution is -2.63. The number of carbonyl (C=O) groups is 1. The van der Waals surface area contributed by atoms with Crippen LogP contribution in [0.4, 0.5) is 0 Å². The van der Waals surface area contributed by atoms with Crippen molar-refractivity contribution in [2.45, 2.75) is 76.3 Å². The molecule has 1 N–H and O–H groups in total. The molecule has 126 valence electrons. The topological polar surface area (TPSA) is 32.3 Å². The molecule has 4 saturated carbocycles. The molecule has 1 saturated heterocycles. The van der Waals surface area contributed by atoms with Gasteiger partial charge in [0, 0.05) is 12.1 Å². The molecule has 0 aromatic carbocycles. The molecule has 4 bridgehead atoms. The molecule has 3 heteroatoms. The largest absolute Gasteiger partial charge is 0.328 e. The molecule has 4 aliphatic carbocycles. The molecular formula is C20H30N2O. The fourth-order valence-corrected chi connectivity index (χ4v) is 6.68. The second kappa shape index (κ2) is 5.52. The van der Waals surface area contributed by atoms with Crippen molar-refractivity contribution in [2.24, 2.45) is 17.3 Å². The first-order valence-corrected chi connectivity index (χ1v) is 9.58. The van der Waals surface area contributed by atoms with Crippen molar-refractivity contribution in [1.82, 2.24) is 10.2 Å². The molecule has 2 unspecified atom stereocenters. The highest BCUT2D eigenvalue weighted by Gasteiger charge is 2.56. The predicted molar refractivity (Wildman–Crippen MR) is 91.7 cm³/mol. The monoisotopic (exact) mass is 314 g/mol. The van der Waals surface area contributed by atoms with E-state index in [2.05, 4.69) is 18.2 Å². The number of nitrogens with zero attached hydrogens (tertiary/aromatic N) is 1. The van der Waals surface area contributed by atoms with Gasteiger partial charge < -0.3 is 10.2 Å². The van der Waals surface area contributed by atoms with Gasteiger partial charge in [0.2, 0.25) is 5.91 Å². The van der Waals surface area contributed by atoms with E-state index >= 15 is 0 Å². The number of nitrogens with one attached hydrogen (secondary N) is 1. The van der Waals surface area contributed by atoms with Gasteiger partial charge >= 0.3 is 0 Å². The van der Waals surface area contributed by atoms with Crippen LogP contribution in [0.3, 0.4) is 0 Å². The average molecular weight is 314 g/mol. The van der Waals surface area contributed by atoms with E-state index in [9.17, 15) is 4.79 Å². The van der Waals surface area contributed by atoms with E-state index in [4.69, 9.17) is 6.42 Å². The Morgan fingerprint density at radius 1 is 1.30 bits per heavy atom. The molecule has 5 rings (SSSR count). The SMILES string of the molecule is C#C[C@@H]1CCCN1C(=O)CNC12CC3CC(CC(CC)(C3)C1)C2. The lowest BCUT2D eigenvalue weighted by molar-refractivity contribution is -0.132. The zero-order valence-corrected chi connectivity index (χ0v) is 14.4. The van der Waals surface area contributed by atoms with Crippen LogP contribution in [0, 0.1) is 29.6 Å². The van der Waals surface area contributed by atoms with Crippen LogP contribution in [0.5, 0.6) is 0 Å². The Balaban J connectivity index is 1.43. The van der Waals surface area contributed by atoms with Crippen molar-refractivity contribution in [3.8, 4) is 12.3 Å². The first-order valence-electron chi connectivity index (χ1n) is 9.58. The van der Waals surface area contributed by atoms with Crippen LogP contribution >= 0.6 is 0 Å². The van der Waals surface area contributed by atoms with Gasteiger partial charge in [0.1, 0.15) is 0 Å². The number of hydrogen-bond donors (Lipinski definition) is 1. The van der Waals surface area contributed by atoms with Crippen LogP contribution in [0.2, 0.25) is 0 Å². The first kappa shape index (κ1) is 15.5. The van der Waals surface area contributed by atoms with Gasteiger partial charge in [-0.2, -0.15) is 0 Å². The molecule has 3 atom stereocenters. The molecule has 3 nitrogen and oxygen atoms in total. The summed E-state index contributed by atoms with van der Waals surface area (Å²) in [5, 5.41) is 3.75. The van der Waals surface area contributed by atoms with Crippen molar-refractivity contribution in [3.05, 3.63) is 0 Å². The van der Waals surface area contributed by atoms with E-state index in [1.807, 2.05) is 4.90 Å². The smallest absolute Gasteiger partial charge is 0.237 e. The Hall–Kier alpha value is -1.01. The predicted octanol–water partition coefficient (Wildman–Crippen LogP) is 2.95. The fraction of sp³-hybridized carbons (Fsp3) is 0.850. The molecule has 5 aliphatic rings. The van der Waals surface area contributed by atoms with Crippen LogP contribution in [-0.4, -0.2) is 35.5 Å². The number of hydrogen-bond acceptors (Lipinski definition) is 2. The summed E-state index contributed by atoms with van der Waals surface area (Å²) in [6.45, 7) is 3.69. The minimum absolute atomic E-state index is 0.0302. The molecule has 23 heavy (non-hydrogen) atoms. The van der Waals surface area contributed by atoms with Gasteiger partial charge in [-0.05, 0) is 68.6 Å².